The molecule has 0 bridgehead atoms. The second-order valence-electron chi connectivity index (χ2n) is 10.3. The van der Waals surface area contributed by atoms with E-state index in [1.165, 1.54) is 30.3 Å². The summed E-state index contributed by atoms with van der Waals surface area (Å²) in [6, 6.07) is 20.2. The molecule has 10 heteroatoms. The Morgan fingerprint density at radius 3 is 2.24 bits per heavy atom. The predicted octanol–water partition coefficient (Wildman–Crippen LogP) is 7.30. The summed E-state index contributed by atoms with van der Waals surface area (Å²) >= 11 is 0. The zero-order chi connectivity index (χ0) is 30.1. The number of benzene rings is 4. The summed E-state index contributed by atoms with van der Waals surface area (Å²) in [5, 5.41) is 2.91. The minimum absolute atomic E-state index is 0.326. The molecule has 4 aromatic carbocycles. The third kappa shape index (κ3) is 6.39. The maximum absolute atomic E-state index is 14.1. The van der Waals surface area contributed by atoms with Gasteiger partial charge in [-0.2, -0.15) is 13.2 Å². The van der Waals surface area contributed by atoms with E-state index in [-0.39, 0.29) is 4.90 Å². The highest BCUT2D eigenvalue weighted by Crippen LogP contribution is 2.34. The molecule has 0 saturated carbocycles. The number of hydrogen-bond acceptors (Lipinski definition) is 3. The summed E-state index contributed by atoms with van der Waals surface area (Å²) in [6.45, 7) is 1.79. The number of carbonyl (C=O) groups is 1. The molecular formula is C32H28F4N2O3S. The number of fused-ring (bicyclic) bond motifs is 1. The Balaban J connectivity index is 1.32. The van der Waals surface area contributed by atoms with Gasteiger partial charge < -0.3 is 5.32 Å². The van der Waals surface area contributed by atoms with Gasteiger partial charge in [-0.25, -0.2) is 17.5 Å². The maximum Gasteiger partial charge on any atom is 0.416 e. The number of hydrogen-bond donors (Lipinski definition) is 2. The highest BCUT2D eigenvalue weighted by molar-refractivity contribution is 7.89. The van der Waals surface area contributed by atoms with Gasteiger partial charge in [-0.1, -0.05) is 42.5 Å². The van der Waals surface area contributed by atoms with Crippen molar-refractivity contribution in [2.75, 3.05) is 5.32 Å². The number of alkyl halides is 3. The second kappa shape index (κ2) is 11.7. The van der Waals surface area contributed by atoms with E-state index in [0.29, 0.717) is 48.1 Å². The highest BCUT2D eigenvalue weighted by atomic mass is 32.2. The summed E-state index contributed by atoms with van der Waals surface area (Å²) in [7, 11) is -4.03. The van der Waals surface area contributed by atoms with Crippen LogP contribution in [0.2, 0.25) is 0 Å². The van der Waals surface area contributed by atoms with Crippen LogP contribution in [0.5, 0.6) is 0 Å². The molecule has 4 aromatic rings. The molecule has 0 aliphatic heterocycles. The van der Waals surface area contributed by atoms with Crippen molar-refractivity contribution in [2.45, 2.75) is 49.7 Å². The van der Waals surface area contributed by atoms with E-state index in [1.54, 1.807) is 31.2 Å². The fraction of sp³-hybridized carbons (Fsp3) is 0.219. The maximum atomic E-state index is 14.1. The van der Waals surface area contributed by atoms with E-state index >= 15 is 0 Å². The van der Waals surface area contributed by atoms with Crippen LogP contribution in [-0.2, 0) is 29.0 Å². The van der Waals surface area contributed by atoms with Gasteiger partial charge in [0.05, 0.1) is 5.56 Å². The van der Waals surface area contributed by atoms with Gasteiger partial charge in [0.25, 0.3) is 5.91 Å². The van der Waals surface area contributed by atoms with Crippen molar-refractivity contribution in [3.8, 4) is 11.1 Å². The Morgan fingerprint density at radius 2 is 1.55 bits per heavy atom. The van der Waals surface area contributed by atoms with E-state index in [2.05, 4.69) is 10.0 Å². The summed E-state index contributed by atoms with van der Waals surface area (Å²) in [6.07, 6.45) is -2.28. The third-order valence-electron chi connectivity index (χ3n) is 7.45. The fourth-order valence-corrected chi connectivity index (χ4v) is 6.70. The van der Waals surface area contributed by atoms with Crippen LogP contribution in [0.4, 0.5) is 23.2 Å². The van der Waals surface area contributed by atoms with Crippen molar-refractivity contribution in [1.82, 2.24) is 4.72 Å². The lowest BCUT2D eigenvalue weighted by molar-refractivity contribution is -0.137. The smallest absolute Gasteiger partial charge is 0.322 e. The molecule has 42 heavy (non-hydrogen) atoms. The lowest BCUT2D eigenvalue weighted by Gasteiger charge is -2.16. The normalized spacial score (nSPS) is 15.5. The Labute approximate surface area is 241 Å². The number of sulfonamides is 1. The molecular weight excluding hydrogens is 568 g/mol. The van der Waals surface area contributed by atoms with Crippen molar-refractivity contribution in [1.29, 1.82) is 0 Å². The Morgan fingerprint density at radius 1 is 0.857 bits per heavy atom. The Kier molecular flexibility index (Phi) is 8.21. The molecule has 0 radical (unpaired) electrons. The molecule has 0 heterocycles. The van der Waals surface area contributed by atoms with Gasteiger partial charge >= 0.3 is 6.18 Å². The van der Waals surface area contributed by atoms with Crippen molar-refractivity contribution in [3.05, 3.63) is 119 Å². The van der Waals surface area contributed by atoms with Crippen LogP contribution in [0.15, 0.2) is 89.8 Å². The summed E-state index contributed by atoms with van der Waals surface area (Å²) < 4.78 is 81.5. The van der Waals surface area contributed by atoms with Gasteiger partial charge in [0.2, 0.25) is 10.0 Å². The SMILES string of the molecule is Cc1cccc(C(=O)Nc2ccc3c(c2)CCC(NS(=O)(=O)c2ccccc2F)CC3)c1-c1ccc(C(F)(F)F)cc1. The number of carbonyl (C=O) groups excluding carboxylic acids is 1. The number of anilines is 1. The van der Waals surface area contributed by atoms with Crippen LogP contribution in [0.3, 0.4) is 0 Å². The van der Waals surface area contributed by atoms with E-state index in [4.69, 9.17) is 0 Å². The van der Waals surface area contributed by atoms with Crippen LogP contribution < -0.4 is 10.0 Å². The zero-order valence-electron chi connectivity index (χ0n) is 22.6. The van der Waals surface area contributed by atoms with Crippen LogP contribution in [0, 0.1) is 12.7 Å². The third-order valence-corrected chi connectivity index (χ3v) is 9.01. The number of rotatable bonds is 6. The molecule has 0 fully saturated rings. The Hall–Kier alpha value is -4.02. The van der Waals surface area contributed by atoms with Crippen molar-refractivity contribution in [2.24, 2.45) is 0 Å². The molecule has 0 spiro atoms. The molecule has 5 rings (SSSR count). The highest BCUT2D eigenvalue weighted by Gasteiger charge is 2.30. The number of aryl methyl sites for hydroxylation is 3. The van der Waals surface area contributed by atoms with Crippen molar-refractivity contribution in [3.63, 3.8) is 0 Å². The van der Waals surface area contributed by atoms with Gasteiger partial charge in [0.15, 0.2) is 0 Å². The molecule has 218 valence electrons. The van der Waals surface area contributed by atoms with Gasteiger partial charge in [-0.15, -0.1) is 0 Å². The van der Waals surface area contributed by atoms with Crippen molar-refractivity contribution >= 4 is 21.6 Å². The van der Waals surface area contributed by atoms with E-state index in [1.807, 2.05) is 12.1 Å². The molecule has 0 saturated heterocycles. The molecule has 1 aliphatic rings. The quantitative estimate of drug-likeness (QED) is 0.181. The summed E-state index contributed by atoms with van der Waals surface area (Å²) in [5.74, 6) is -1.21. The first-order valence-corrected chi connectivity index (χ1v) is 14.9. The van der Waals surface area contributed by atoms with Crippen LogP contribution in [-0.4, -0.2) is 20.4 Å². The molecule has 1 amide bonds. The van der Waals surface area contributed by atoms with Gasteiger partial charge in [0.1, 0.15) is 10.7 Å². The molecule has 1 aliphatic carbocycles. The molecule has 1 atom stereocenters. The lowest BCUT2D eigenvalue weighted by atomic mass is 9.93. The standard InChI is InChI=1S/C32H28F4N2O3S/c1-20-5-4-6-27(30(20)22-9-14-24(15-10-22)32(34,35)36)31(39)37-26-18-12-21-11-16-25(17-13-23(21)19-26)38-42(40,41)29-8-3-2-7-28(29)33/h2-10,12,14-15,18-19,25,38H,11,13,16-17H2,1H3,(H,37,39). The van der Waals surface area contributed by atoms with Gasteiger partial charge in [-0.3, -0.25) is 4.79 Å². The van der Waals surface area contributed by atoms with Crippen LogP contribution >= 0.6 is 0 Å². The van der Waals surface area contributed by atoms with Gasteiger partial charge in [-0.05, 0) is 103 Å². The number of halogens is 4. The zero-order valence-corrected chi connectivity index (χ0v) is 23.5. The average Bonchev–Trinajstić information content (AvgIpc) is 3.14. The van der Waals surface area contributed by atoms with Crippen molar-refractivity contribution < 1.29 is 30.8 Å². The Bertz CT molecular complexity index is 1740. The average molecular weight is 597 g/mol. The first kappa shape index (κ1) is 29.5. The largest absolute Gasteiger partial charge is 0.416 e. The second-order valence-corrected chi connectivity index (χ2v) is 12.0. The minimum atomic E-state index is -4.46. The lowest BCUT2D eigenvalue weighted by Crippen LogP contribution is -2.35. The fourth-order valence-electron chi connectivity index (χ4n) is 5.31. The topological polar surface area (TPSA) is 75.3 Å². The number of nitrogens with one attached hydrogen (secondary N) is 2. The van der Waals surface area contributed by atoms with E-state index < -0.39 is 39.5 Å². The van der Waals surface area contributed by atoms with E-state index in [9.17, 15) is 30.8 Å². The van der Waals surface area contributed by atoms with Crippen LogP contribution in [0.1, 0.15) is 45.5 Å². The van der Waals surface area contributed by atoms with E-state index in [0.717, 1.165) is 34.9 Å². The summed E-state index contributed by atoms with van der Waals surface area (Å²) in [5.41, 5.74) is 3.89. The molecule has 0 aromatic heterocycles. The minimum Gasteiger partial charge on any atom is -0.322 e. The first-order chi connectivity index (χ1) is 19.9. The first-order valence-electron chi connectivity index (χ1n) is 13.4. The number of amides is 1. The molecule has 2 N–H and O–H groups in total. The van der Waals surface area contributed by atoms with Crippen LogP contribution in [0.25, 0.3) is 11.1 Å². The molecule has 1 unspecified atom stereocenters. The molecule has 5 nitrogen and oxygen atoms in total. The summed E-state index contributed by atoms with van der Waals surface area (Å²) in [4.78, 5) is 13.0. The predicted molar refractivity (Wildman–Crippen MR) is 153 cm³/mol. The van der Waals surface area contributed by atoms with Gasteiger partial charge in [0, 0.05) is 17.3 Å². The monoisotopic (exact) mass is 596 g/mol.